The smallest absolute Gasteiger partial charge is 0.311 e. The predicted octanol–water partition coefficient (Wildman–Crippen LogP) is 0.402. The highest BCUT2D eigenvalue weighted by Gasteiger charge is 2.50. The highest BCUT2D eigenvalue weighted by atomic mass is 16.4. The summed E-state index contributed by atoms with van der Waals surface area (Å²) in [4.78, 5) is 11.4. The third-order valence-electron chi connectivity index (χ3n) is 3.41. The molecular weight excluding hydrogens is 206 g/mol. The van der Waals surface area contributed by atoms with Gasteiger partial charge in [-0.25, -0.2) is 0 Å². The van der Waals surface area contributed by atoms with Gasteiger partial charge in [-0.1, -0.05) is 0 Å². The van der Waals surface area contributed by atoms with Gasteiger partial charge in [0.15, 0.2) is 0 Å². The Kier molecular flexibility index (Phi) is 2.71. The number of carboxylic acid groups (broad SMARTS) is 1. The summed E-state index contributed by atoms with van der Waals surface area (Å²) in [7, 11) is 1.82. The van der Waals surface area contributed by atoms with Crippen molar-refractivity contribution in [3.8, 4) is 0 Å². The van der Waals surface area contributed by atoms with E-state index in [-0.39, 0.29) is 12.5 Å². The van der Waals surface area contributed by atoms with Crippen LogP contribution in [0.5, 0.6) is 0 Å². The summed E-state index contributed by atoms with van der Waals surface area (Å²) >= 11 is 0. The molecule has 1 saturated carbocycles. The van der Waals surface area contributed by atoms with E-state index in [0.717, 1.165) is 18.5 Å². The van der Waals surface area contributed by atoms with Crippen molar-refractivity contribution in [1.29, 1.82) is 0 Å². The van der Waals surface area contributed by atoms with E-state index in [4.69, 9.17) is 5.73 Å². The van der Waals surface area contributed by atoms with Crippen molar-refractivity contribution in [3.63, 3.8) is 0 Å². The lowest BCUT2D eigenvalue weighted by Gasteiger charge is -2.26. The summed E-state index contributed by atoms with van der Waals surface area (Å²) in [6.45, 7) is 0.184. The van der Waals surface area contributed by atoms with E-state index in [9.17, 15) is 9.90 Å². The van der Waals surface area contributed by atoms with Crippen LogP contribution in [0.25, 0.3) is 0 Å². The van der Waals surface area contributed by atoms with E-state index in [1.807, 2.05) is 19.3 Å². The van der Waals surface area contributed by atoms with Gasteiger partial charge in [0.2, 0.25) is 0 Å². The molecule has 5 nitrogen and oxygen atoms in total. The molecule has 0 bridgehead atoms. The average molecular weight is 223 g/mol. The summed E-state index contributed by atoms with van der Waals surface area (Å²) in [6.07, 6.45) is 4.20. The highest BCUT2D eigenvalue weighted by molar-refractivity contribution is 5.76. The Morgan fingerprint density at radius 3 is 2.81 bits per heavy atom. The van der Waals surface area contributed by atoms with Gasteiger partial charge in [-0.2, -0.15) is 5.10 Å². The molecule has 1 atom stereocenters. The van der Waals surface area contributed by atoms with Crippen LogP contribution in [0.2, 0.25) is 0 Å². The minimum atomic E-state index is -0.811. The van der Waals surface area contributed by atoms with Crippen LogP contribution < -0.4 is 5.73 Å². The third-order valence-corrected chi connectivity index (χ3v) is 3.41. The lowest BCUT2D eigenvalue weighted by Crippen LogP contribution is -2.42. The highest BCUT2D eigenvalue weighted by Crippen LogP contribution is 2.47. The Morgan fingerprint density at radius 1 is 1.75 bits per heavy atom. The van der Waals surface area contributed by atoms with E-state index in [0.29, 0.717) is 6.42 Å². The lowest BCUT2D eigenvalue weighted by atomic mass is 9.78. The van der Waals surface area contributed by atoms with Crippen molar-refractivity contribution < 1.29 is 9.90 Å². The zero-order valence-corrected chi connectivity index (χ0v) is 9.39. The number of carbonyl (C=O) groups is 1. The Bertz CT molecular complexity index is 398. The second-order valence-electron chi connectivity index (χ2n) is 4.60. The Hall–Kier alpha value is -1.36. The number of hydrogen-bond donors (Lipinski definition) is 2. The van der Waals surface area contributed by atoms with Crippen LogP contribution in [-0.2, 0) is 18.3 Å². The van der Waals surface area contributed by atoms with Gasteiger partial charge in [-0.3, -0.25) is 9.48 Å². The second kappa shape index (κ2) is 3.90. The summed E-state index contributed by atoms with van der Waals surface area (Å²) in [5, 5.41) is 13.6. The van der Waals surface area contributed by atoms with Gasteiger partial charge in [0, 0.05) is 26.2 Å². The first-order chi connectivity index (χ1) is 7.58. The topological polar surface area (TPSA) is 81.1 Å². The van der Waals surface area contributed by atoms with Crippen molar-refractivity contribution in [2.24, 2.45) is 24.1 Å². The van der Waals surface area contributed by atoms with Crippen molar-refractivity contribution in [2.45, 2.75) is 19.3 Å². The van der Waals surface area contributed by atoms with Gasteiger partial charge in [-0.15, -0.1) is 0 Å². The lowest BCUT2D eigenvalue weighted by molar-refractivity contribution is -0.149. The van der Waals surface area contributed by atoms with Gasteiger partial charge >= 0.3 is 5.97 Å². The molecule has 3 N–H and O–H groups in total. The number of hydrogen-bond acceptors (Lipinski definition) is 3. The van der Waals surface area contributed by atoms with Gasteiger partial charge < -0.3 is 10.8 Å². The molecule has 0 saturated heterocycles. The minimum Gasteiger partial charge on any atom is -0.481 e. The number of nitrogens with zero attached hydrogens (tertiary/aromatic N) is 2. The van der Waals surface area contributed by atoms with Crippen molar-refractivity contribution >= 4 is 5.97 Å². The SMILES string of the molecule is Cn1ccc(CC(CN)(C(=O)O)C2CC2)n1. The minimum absolute atomic E-state index is 0.184. The average Bonchev–Trinajstić information content (AvgIpc) is 3.00. The molecule has 1 unspecified atom stereocenters. The molecule has 1 fully saturated rings. The van der Waals surface area contributed by atoms with Crippen molar-refractivity contribution in [1.82, 2.24) is 9.78 Å². The molecule has 1 aromatic heterocycles. The first-order valence-corrected chi connectivity index (χ1v) is 5.50. The monoisotopic (exact) mass is 223 g/mol. The number of aliphatic carboxylic acids is 1. The number of carboxylic acids is 1. The molecule has 1 heterocycles. The van der Waals surface area contributed by atoms with Crippen LogP contribution in [-0.4, -0.2) is 27.4 Å². The summed E-state index contributed by atoms with van der Waals surface area (Å²) in [6, 6.07) is 1.86. The molecular formula is C11H17N3O2. The first kappa shape index (κ1) is 11.1. The number of rotatable bonds is 5. The summed E-state index contributed by atoms with van der Waals surface area (Å²) in [5.41, 5.74) is 5.69. The fourth-order valence-electron chi connectivity index (χ4n) is 2.24. The van der Waals surface area contributed by atoms with Crippen LogP contribution >= 0.6 is 0 Å². The fraction of sp³-hybridized carbons (Fsp3) is 0.636. The quantitative estimate of drug-likeness (QED) is 0.757. The molecule has 16 heavy (non-hydrogen) atoms. The first-order valence-electron chi connectivity index (χ1n) is 5.50. The fourth-order valence-corrected chi connectivity index (χ4v) is 2.24. The van der Waals surface area contributed by atoms with Crippen LogP contribution in [0.15, 0.2) is 12.3 Å². The molecule has 0 radical (unpaired) electrons. The van der Waals surface area contributed by atoms with E-state index in [1.165, 1.54) is 0 Å². The molecule has 1 aromatic rings. The van der Waals surface area contributed by atoms with Gasteiger partial charge in [0.25, 0.3) is 0 Å². The van der Waals surface area contributed by atoms with Crippen LogP contribution in [0.3, 0.4) is 0 Å². The third kappa shape index (κ3) is 1.82. The summed E-state index contributed by atoms with van der Waals surface area (Å²) < 4.78 is 1.69. The zero-order chi connectivity index (χ0) is 11.8. The maximum Gasteiger partial charge on any atom is 0.311 e. The second-order valence-corrected chi connectivity index (χ2v) is 4.60. The normalized spacial score (nSPS) is 19.4. The number of aromatic nitrogens is 2. The molecule has 1 aliphatic carbocycles. The Morgan fingerprint density at radius 2 is 2.44 bits per heavy atom. The van der Waals surface area contributed by atoms with E-state index >= 15 is 0 Å². The van der Waals surface area contributed by atoms with Crippen molar-refractivity contribution in [3.05, 3.63) is 18.0 Å². The maximum atomic E-state index is 11.4. The molecule has 0 aliphatic heterocycles. The predicted molar refractivity (Wildman–Crippen MR) is 58.8 cm³/mol. The number of nitrogens with two attached hydrogens (primary N) is 1. The van der Waals surface area contributed by atoms with Gasteiger partial charge in [-0.05, 0) is 24.8 Å². The zero-order valence-electron chi connectivity index (χ0n) is 9.39. The molecule has 0 aromatic carbocycles. The van der Waals surface area contributed by atoms with E-state index in [2.05, 4.69) is 5.10 Å². The Balaban J connectivity index is 2.22. The van der Waals surface area contributed by atoms with E-state index < -0.39 is 11.4 Å². The molecule has 2 rings (SSSR count). The van der Waals surface area contributed by atoms with Crippen molar-refractivity contribution in [2.75, 3.05) is 6.54 Å². The molecule has 1 aliphatic rings. The van der Waals surface area contributed by atoms with Crippen LogP contribution in [0, 0.1) is 11.3 Å². The van der Waals surface area contributed by atoms with Gasteiger partial charge in [0.1, 0.15) is 0 Å². The van der Waals surface area contributed by atoms with E-state index in [1.54, 1.807) is 4.68 Å². The van der Waals surface area contributed by atoms with Crippen LogP contribution in [0.4, 0.5) is 0 Å². The maximum absolute atomic E-state index is 11.4. The Labute approximate surface area is 94.2 Å². The van der Waals surface area contributed by atoms with Gasteiger partial charge in [0.05, 0.1) is 11.1 Å². The molecule has 5 heteroatoms. The summed E-state index contributed by atoms with van der Waals surface area (Å²) in [5.74, 6) is -0.569. The molecule has 88 valence electrons. The van der Waals surface area contributed by atoms with Crippen LogP contribution in [0.1, 0.15) is 18.5 Å². The largest absolute Gasteiger partial charge is 0.481 e. The molecule has 0 amide bonds. The number of aryl methyl sites for hydroxylation is 1. The standard InChI is InChI=1S/C11H17N3O2/c1-14-5-4-9(13-14)6-11(7-12,10(15)16)8-2-3-8/h4-5,8H,2-3,6-7,12H2,1H3,(H,15,16). The molecule has 0 spiro atoms.